The fourth-order valence-electron chi connectivity index (χ4n) is 2.65. The number of rotatable bonds is 3. The van der Waals surface area contributed by atoms with Crippen LogP contribution in [0.15, 0.2) is 0 Å². The molecule has 10 heteroatoms. The minimum absolute atomic E-state index is 0.180. The Morgan fingerprint density at radius 1 is 1.29 bits per heavy atom. The van der Waals surface area contributed by atoms with Gasteiger partial charge in [-0.25, -0.2) is 0 Å². The van der Waals surface area contributed by atoms with Crippen molar-refractivity contribution in [2.75, 3.05) is 13.2 Å². The second kappa shape index (κ2) is 5.86. The number of carboxylic acid groups (broad SMARTS) is 1. The number of likely N-dealkylation sites (tertiary alicyclic amines) is 1. The summed E-state index contributed by atoms with van der Waals surface area (Å²) in [6.45, 7) is -0.822. The summed E-state index contributed by atoms with van der Waals surface area (Å²) in [7, 11) is 0. The third-order valence-corrected chi connectivity index (χ3v) is 6.97. The summed E-state index contributed by atoms with van der Waals surface area (Å²) in [5, 5.41) is 8.97. The van der Waals surface area contributed by atoms with Crippen LogP contribution in [0.2, 0.25) is 0 Å². The zero-order valence-electron chi connectivity index (χ0n) is 10.9. The maximum absolute atomic E-state index is 13.5. The van der Waals surface area contributed by atoms with E-state index in [1.807, 2.05) is 0 Å². The number of ether oxygens (including phenoxy) is 1. The van der Waals surface area contributed by atoms with Crippen LogP contribution < -0.4 is 20.2 Å². The monoisotopic (exact) mass is 428 g/mol. The van der Waals surface area contributed by atoms with Gasteiger partial charge in [0.15, 0.2) is 0 Å². The van der Waals surface area contributed by atoms with Gasteiger partial charge in [0.1, 0.15) is 0 Å². The van der Waals surface area contributed by atoms with Crippen molar-refractivity contribution in [1.82, 2.24) is 4.90 Å². The Morgan fingerprint density at radius 3 is 2.43 bits per heavy atom. The van der Waals surface area contributed by atoms with Crippen molar-refractivity contribution >= 4 is 11.9 Å². The summed E-state index contributed by atoms with van der Waals surface area (Å²) in [5.41, 5.74) is 0. The number of amides is 1. The molecule has 5 nitrogen and oxygen atoms in total. The first-order valence-corrected chi connectivity index (χ1v) is 9.90. The van der Waals surface area contributed by atoms with Crippen molar-refractivity contribution in [1.29, 1.82) is 0 Å². The summed E-state index contributed by atoms with van der Waals surface area (Å²) in [6, 6.07) is -1.56. The van der Waals surface area contributed by atoms with E-state index in [-0.39, 0.29) is 13.0 Å². The molecule has 0 spiro atoms. The fraction of sp³-hybridized carbons (Fsp3) is 0.818. The van der Waals surface area contributed by atoms with E-state index in [2.05, 4.69) is 0 Å². The molecule has 0 saturated carbocycles. The molecule has 2 rings (SSSR count). The molecular weight excluding hydrogens is 413 g/mol. The average molecular weight is 428 g/mol. The number of halogens is 5. The Balaban J connectivity index is 2.32. The fourth-order valence-corrected chi connectivity index (χ4v) is 5.05. The van der Waals surface area contributed by atoms with Crippen LogP contribution in [0.3, 0.4) is 0 Å². The first-order valence-electron chi connectivity index (χ1n) is 6.38. The van der Waals surface area contributed by atoms with Gasteiger partial charge >= 0.3 is 124 Å². The quantitative estimate of drug-likeness (QED) is 0.346. The number of alkyl halides is 2. The van der Waals surface area contributed by atoms with Crippen molar-refractivity contribution in [3.63, 3.8) is 0 Å². The van der Waals surface area contributed by atoms with E-state index >= 15 is 0 Å². The van der Waals surface area contributed by atoms with Gasteiger partial charge in [0.25, 0.3) is 0 Å². The van der Waals surface area contributed by atoms with Crippen molar-refractivity contribution in [2.45, 2.75) is 41.5 Å². The summed E-state index contributed by atoms with van der Waals surface area (Å²) >= 11 is -7.02. The van der Waals surface area contributed by atoms with Crippen molar-refractivity contribution < 1.29 is 52.6 Å². The SMILES string of the molecule is O=C(O)[C@@H]1C[C@@H](F)CN1C(=O)[C@@]1([I-](F)(F)F)CCCCO1. The molecule has 3 atom stereocenters. The second-order valence-corrected chi connectivity index (χ2v) is 8.95. The Bertz CT molecular complexity index is 438. The number of hydrogen-bond donors (Lipinski definition) is 1. The molecule has 0 bridgehead atoms. The molecule has 1 N–H and O–H groups in total. The normalized spacial score (nSPS) is 34.8. The van der Waals surface area contributed by atoms with Gasteiger partial charge in [-0.05, 0) is 0 Å². The van der Waals surface area contributed by atoms with Gasteiger partial charge in [-0.1, -0.05) is 0 Å². The van der Waals surface area contributed by atoms with Crippen molar-refractivity contribution in [2.24, 2.45) is 0 Å². The predicted octanol–water partition coefficient (Wildman–Crippen LogP) is -1.28. The van der Waals surface area contributed by atoms with Crippen LogP contribution in [0, 0.1) is 0 Å². The zero-order valence-corrected chi connectivity index (χ0v) is 13.1. The molecule has 0 aromatic heterocycles. The van der Waals surface area contributed by atoms with Crippen LogP contribution in [0.4, 0.5) is 13.0 Å². The third kappa shape index (κ3) is 2.96. The van der Waals surface area contributed by atoms with Gasteiger partial charge in [0.05, 0.1) is 0 Å². The average Bonchev–Trinajstić information content (AvgIpc) is 2.79. The second-order valence-electron chi connectivity index (χ2n) is 5.05. The molecule has 21 heavy (non-hydrogen) atoms. The van der Waals surface area contributed by atoms with Crippen LogP contribution in [0.25, 0.3) is 0 Å². The summed E-state index contributed by atoms with van der Waals surface area (Å²) in [5.74, 6) is -2.91. The molecule has 0 aliphatic carbocycles. The predicted molar refractivity (Wildman–Crippen MR) is 58.5 cm³/mol. The number of nitrogens with zero attached hydrogens (tertiary/aromatic N) is 1. The molecule has 2 aliphatic heterocycles. The van der Waals surface area contributed by atoms with Crippen LogP contribution >= 0.6 is 0 Å². The molecule has 2 heterocycles. The van der Waals surface area contributed by atoms with E-state index in [1.54, 1.807) is 0 Å². The standard InChI is InChI=1S/C11H15F4INO4/c12-7-5-8(9(18)19)17(6-7)10(20)11(16(13,14)15)3-1-2-4-21-11/h7-8H,1-6H2,(H,18,19)/q-1/t7-,8+,11-/m1/s1. The molecule has 2 fully saturated rings. The van der Waals surface area contributed by atoms with Crippen molar-refractivity contribution in [3.8, 4) is 0 Å². The van der Waals surface area contributed by atoms with Gasteiger partial charge in [0.2, 0.25) is 0 Å². The molecule has 0 radical (unpaired) electrons. The Hall–Kier alpha value is -0.650. The van der Waals surface area contributed by atoms with Gasteiger partial charge in [-0.2, -0.15) is 0 Å². The third-order valence-electron chi connectivity index (χ3n) is 3.68. The number of hydrogen-bond acceptors (Lipinski definition) is 3. The van der Waals surface area contributed by atoms with Crippen LogP contribution in [0.5, 0.6) is 0 Å². The maximum atomic E-state index is 13.5. The van der Waals surface area contributed by atoms with Crippen LogP contribution in [-0.4, -0.2) is 50.9 Å². The van der Waals surface area contributed by atoms with E-state index in [4.69, 9.17) is 9.84 Å². The minimum atomic E-state index is -7.02. The molecule has 0 aromatic carbocycles. The number of carbonyl (C=O) groups excluding carboxylic acids is 1. The molecule has 0 aromatic rings. The number of carboxylic acids is 1. The summed E-state index contributed by atoms with van der Waals surface area (Å²) < 4.78 is 55.8. The van der Waals surface area contributed by atoms with Gasteiger partial charge in [-0.3, -0.25) is 0 Å². The molecule has 124 valence electrons. The van der Waals surface area contributed by atoms with Crippen molar-refractivity contribution in [3.05, 3.63) is 0 Å². The van der Waals surface area contributed by atoms with Gasteiger partial charge < -0.3 is 0 Å². The number of aliphatic carboxylic acids is 1. The summed E-state index contributed by atoms with van der Waals surface area (Å²) in [6.07, 6.45) is -2.01. The van der Waals surface area contributed by atoms with E-state index in [1.165, 1.54) is 0 Å². The Labute approximate surface area is 124 Å². The molecular formula is C11H15F4INO4-. The van der Waals surface area contributed by atoms with Gasteiger partial charge in [0, 0.05) is 0 Å². The van der Waals surface area contributed by atoms with Crippen LogP contribution in [-0.2, 0) is 14.3 Å². The first-order chi connectivity index (χ1) is 9.69. The topological polar surface area (TPSA) is 66.8 Å². The van der Waals surface area contributed by atoms with Gasteiger partial charge in [-0.15, -0.1) is 0 Å². The number of carbonyl (C=O) groups is 2. The van der Waals surface area contributed by atoms with E-state index in [0.717, 1.165) is 0 Å². The van der Waals surface area contributed by atoms with E-state index < -0.39 is 67.2 Å². The van der Waals surface area contributed by atoms with E-state index in [9.17, 15) is 22.6 Å². The van der Waals surface area contributed by atoms with Crippen LogP contribution in [0.1, 0.15) is 25.7 Å². The molecule has 2 aliphatic rings. The molecule has 2 saturated heterocycles. The molecule has 0 unspecified atom stereocenters. The Kier molecular flexibility index (Phi) is 4.66. The summed E-state index contributed by atoms with van der Waals surface area (Å²) in [4.78, 5) is 23.9. The zero-order chi connectivity index (χ0) is 15.8. The molecule has 1 amide bonds. The Morgan fingerprint density at radius 2 is 1.95 bits per heavy atom. The first kappa shape index (κ1) is 16.7. The van der Waals surface area contributed by atoms with E-state index in [0.29, 0.717) is 11.3 Å².